The number of amides is 2. The van der Waals surface area contributed by atoms with E-state index in [9.17, 15) is 9.59 Å². The molecule has 2 N–H and O–H groups in total. The average Bonchev–Trinajstić information content (AvgIpc) is 2.74. The van der Waals surface area contributed by atoms with Gasteiger partial charge in [-0.2, -0.15) is 0 Å². The van der Waals surface area contributed by atoms with Crippen LogP contribution in [0, 0.1) is 0 Å². The third-order valence-corrected chi connectivity index (χ3v) is 4.98. The number of rotatable bonds is 8. The van der Waals surface area contributed by atoms with E-state index in [1.807, 2.05) is 66.7 Å². The molecule has 0 atom stereocenters. The lowest BCUT2D eigenvalue weighted by molar-refractivity contribution is -0.113. The van der Waals surface area contributed by atoms with Crippen molar-refractivity contribution in [2.45, 2.75) is 12.3 Å². The Morgan fingerprint density at radius 1 is 0.857 bits per heavy atom. The van der Waals surface area contributed by atoms with Gasteiger partial charge in [-0.3, -0.25) is 14.6 Å². The molecule has 5 nitrogen and oxygen atoms in total. The Balaban J connectivity index is 1.41. The minimum Gasteiger partial charge on any atom is -0.348 e. The minimum absolute atomic E-state index is 0.0247. The lowest BCUT2D eigenvalue weighted by Gasteiger charge is -2.07. The van der Waals surface area contributed by atoms with Gasteiger partial charge in [0.2, 0.25) is 5.91 Å². The van der Waals surface area contributed by atoms with Crippen LogP contribution in [0.5, 0.6) is 0 Å². The first-order valence-electron chi connectivity index (χ1n) is 8.89. The van der Waals surface area contributed by atoms with Crippen molar-refractivity contribution < 1.29 is 9.59 Å². The smallest absolute Gasteiger partial charge is 0.251 e. The zero-order valence-corrected chi connectivity index (χ0v) is 16.1. The standard InChI is InChI=1S/C22H21N3O2S/c26-21(25-20-4-2-1-3-5-20)16-28-15-18-6-8-19(9-7-18)22(27)24-14-17-10-12-23-13-11-17/h1-13H,14-16H2,(H,24,27)(H,25,26). The van der Waals surface area contributed by atoms with Crippen LogP contribution in [-0.2, 0) is 17.1 Å². The molecule has 1 heterocycles. The first-order chi connectivity index (χ1) is 13.7. The number of anilines is 1. The number of nitrogens with zero attached hydrogens (tertiary/aromatic N) is 1. The monoisotopic (exact) mass is 391 g/mol. The fraction of sp³-hybridized carbons (Fsp3) is 0.136. The number of carbonyl (C=O) groups is 2. The van der Waals surface area contributed by atoms with Gasteiger partial charge in [0.05, 0.1) is 5.75 Å². The first kappa shape index (κ1) is 19.6. The number of thioether (sulfide) groups is 1. The van der Waals surface area contributed by atoms with Gasteiger partial charge in [0.1, 0.15) is 0 Å². The van der Waals surface area contributed by atoms with Crippen LogP contribution in [0.25, 0.3) is 0 Å². The fourth-order valence-corrected chi connectivity index (χ4v) is 3.31. The first-order valence-corrected chi connectivity index (χ1v) is 10.0. The van der Waals surface area contributed by atoms with E-state index in [-0.39, 0.29) is 11.8 Å². The normalized spacial score (nSPS) is 10.3. The van der Waals surface area contributed by atoms with E-state index in [0.29, 0.717) is 23.6 Å². The van der Waals surface area contributed by atoms with E-state index in [1.54, 1.807) is 12.4 Å². The molecule has 2 aromatic carbocycles. The highest BCUT2D eigenvalue weighted by Crippen LogP contribution is 2.14. The number of hydrogen-bond acceptors (Lipinski definition) is 4. The van der Waals surface area contributed by atoms with Gasteiger partial charge < -0.3 is 10.6 Å². The summed E-state index contributed by atoms with van der Waals surface area (Å²) in [6.07, 6.45) is 3.40. The molecule has 0 radical (unpaired) electrons. The Labute approximate surface area is 168 Å². The number of nitrogens with one attached hydrogen (secondary N) is 2. The molecule has 0 spiro atoms. The number of pyridine rings is 1. The van der Waals surface area contributed by atoms with E-state index in [4.69, 9.17) is 0 Å². The predicted molar refractivity (Wildman–Crippen MR) is 113 cm³/mol. The van der Waals surface area contributed by atoms with Gasteiger partial charge in [0.15, 0.2) is 0 Å². The van der Waals surface area contributed by atoms with Gasteiger partial charge in [-0.1, -0.05) is 30.3 Å². The van der Waals surface area contributed by atoms with Crippen molar-refractivity contribution in [2.24, 2.45) is 0 Å². The summed E-state index contributed by atoms with van der Waals surface area (Å²) in [5.41, 5.74) is 3.49. The van der Waals surface area contributed by atoms with E-state index >= 15 is 0 Å². The molecular formula is C22H21N3O2S. The second-order valence-corrected chi connectivity index (χ2v) is 7.13. The highest BCUT2D eigenvalue weighted by molar-refractivity contribution is 7.99. The zero-order valence-electron chi connectivity index (χ0n) is 15.3. The van der Waals surface area contributed by atoms with Gasteiger partial charge in [-0.15, -0.1) is 11.8 Å². The fourth-order valence-electron chi connectivity index (χ4n) is 2.52. The van der Waals surface area contributed by atoms with Crippen LogP contribution < -0.4 is 10.6 Å². The number of para-hydroxylation sites is 1. The molecule has 0 aliphatic rings. The van der Waals surface area contributed by atoms with Crippen LogP contribution >= 0.6 is 11.8 Å². The maximum Gasteiger partial charge on any atom is 0.251 e. The maximum atomic E-state index is 12.2. The van der Waals surface area contributed by atoms with Crippen LogP contribution in [0.1, 0.15) is 21.5 Å². The van der Waals surface area contributed by atoms with Crippen molar-refractivity contribution in [3.63, 3.8) is 0 Å². The van der Waals surface area contributed by atoms with E-state index in [1.165, 1.54) is 11.8 Å². The summed E-state index contributed by atoms with van der Waals surface area (Å²) in [5, 5.41) is 5.75. The van der Waals surface area contributed by atoms with Gasteiger partial charge in [-0.05, 0) is 47.5 Å². The second kappa shape index (κ2) is 10.3. The second-order valence-electron chi connectivity index (χ2n) is 6.14. The molecule has 3 aromatic rings. The van der Waals surface area contributed by atoms with Gasteiger partial charge in [0, 0.05) is 35.9 Å². The number of benzene rings is 2. The number of hydrogen-bond donors (Lipinski definition) is 2. The summed E-state index contributed by atoms with van der Waals surface area (Å²) in [7, 11) is 0. The highest BCUT2D eigenvalue weighted by Gasteiger charge is 2.06. The zero-order chi connectivity index (χ0) is 19.6. The summed E-state index contributed by atoms with van der Waals surface area (Å²) in [4.78, 5) is 28.1. The third-order valence-electron chi connectivity index (χ3n) is 3.98. The molecule has 6 heteroatoms. The summed E-state index contributed by atoms with van der Waals surface area (Å²) < 4.78 is 0. The molecule has 142 valence electrons. The van der Waals surface area contributed by atoms with Crippen LogP contribution in [0.2, 0.25) is 0 Å². The molecule has 0 saturated carbocycles. The Bertz CT molecular complexity index is 900. The Morgan fingerprint density at radius 3 is 2.29 bits per heavy atom. The molecular weight excluding hydrogens is 370 g/mol. The quantitative estimate of drug-likeness (QED) is 0.611. The van der Waals surface area contributed by atoms with Crippen LogP contribution in [0.15, 0.2) is 79.1 Å². The summed E-state index contributed by atoms with van der Waals surface area (Å²) in [6, 6.07) is 20.6. The van der Waals surface area contributed by atoms with Crippen molar-refractivity contribution in [3.8, 4) is 0 Å². The molecule has 0 unspecified atom stereocenters. The van der Waals surface area contributed by atoms with Crippen molar-refractivity contribution >= 4 is 29.3 Å². The SMILES string of the molecule is O=C(CSCc1ccc(C(=O)NCc2ccncc2)cc1)Nc1ccccc1. The molecule has 28 heavy (non-hydrogen) atoms. The molecule has 1 aromatic heterocycles. The van der Waals surface area contributed by atoms with Crippen molar-refractivity contribution in [3.05, 3.63) is 95.8 Å². The summed E-state index contributed by atoms with van der Waals surface area (Å²) >= 11 is 1.54. The van der Waals surface area contributed by atoms with Gasteiger partial charge >= 0.3 is 0 Å². The molecule has 3 rings (SSSR count). The molecule has 0 fully saturated rings. The molecule has 0 aliphatic heterocycles. The molecule has 0 aliphatic carbocycles. The third kappa shape index (κ3) is 6.25. The summed E-state index contributed by atoms with van der Waals surface area (Å²) in [6.45, 7) is 0.468. The van der Waals surface area contributed by atoms with Crippen molar-refractivity contribution in [2.75, 3.05) is 11.1 Å². The van der Waals surface area contributed by atoms with Crippen molar-refractivity contribution in [1.29, 1.82) is 0 Å². The number of carbonyl (C=O) groups excluding carboxylic acids is 2. The molecule has 2 amide bonds. The topological polar surface area (TPSA) is 71.1 Å². The Hall–Kier alpha value is -3.12. The number of aromatic nitrogens is 1. The van der Waals surface area contributed by atoms with Crippen LogP contribution in [0.4, 0.5) is 5.69 Å². The molecule has 0 bridgehead atoms. The average molecular weight is 391 g/mol. The molecule has 0 saturated heterocycles. The van der Waals surface area contributed by atoms with Crippen LogP contribution in [-0.4, -0.2) is 22.6 Å². The van der Waals surface area contributed by atoms with E-state index in [2.05, 4.69) is 15.6 Å². The van der Waals surface area contributed by atoms with Crippen LogP contribution in [0.3, 0.4) is 0 Å². The largest absolute Gasteiger partial charge is 0.348 e. The van der Waals surface area contributed by atoms with Gasteiger partial charge in [0.25, 0.3) is 5.91 Å². The lowest BCUT2D eigenvalue weighted by atomic mass is 10.1. The van der Waals surface area contributed by atoms with E-state index in [0.717, 1.165) is 16.8 Å². The highest BCUT2D eigenvalue weighted by atomic mass is 32.2. The van der Waals surface area contributed by atoms with E-state index < -0.39 is 0 Å². The Kier molecular flexibility index (Phi) is 7.21. The summed E-state index contributed by atoms with van der Waals surface area (Å²) in [5.74, 6) is 0.950. The predicted octanol–water partition coefficient (Wildman–Crippen LogP) is 3.88. The maximum absolute atomic E-state index is 12.2. The minimum atomic E-state index is -0.113. The van der Waals surface area contributed by atoms with Crippen molar-refractivity contribution in [1.82, 2.24) is 10.3 Å². The Morgan fingerprint density at radius 2 is 1.57 bits per heavy atom. The van der Waals surface area contributed by atoms with Gasteiger partial charge in [-0.25, -0.2) is 0 Å². The lowest BCUT2D eigenvalue weighted by Crippen LogP contribution is -2.22.